The van der Waals surface area contributed by atoms with Crippen molar-refractivity contribution in [1.82, 2.24) is 19.2 Å². The van der Waals surface area contributed by atoms with Gasteiger partial charge in [-0.2, -0.15) is 5.26 Å². The zero-order valence-electron chi connectivity index (χ0n) is 16.3. The van der Waals surface area contributed by atoms with Crippen LogP contribution in [0.5, 0.6) is 5.88 Å². The number of nitriles is 1. The Hall–Kier alpha value is -4.64. The molecule has 0 radical (unpaired) electrons. The molecule has 0 atom stereocenters. The minimum Gasteiger partial charge on any atom is -0.493 e. The highest BCUT2D eigenvalue weighted by Crippen LogP contribution is 2.20. The Bertz CT molecular complexity index is 1700. The van der Waals surface area contributed by atoms with E-state index in [9.17, 15) is 20.0 Å². The smallest absolute Gasteiger partial charge is 0.275 e. The molecule has 0 aliphatic rings. The molecule has 3 heterocycles. The fourth-order valence-electron chi connectivity index (χ4n) is 3.76. The van der Waals surface area contributed by atoms with Gasteiger partial charge in [-0.15, -0.1) is 0 Å². The Kier molecular flexibility index (Phi) is 3.98. The van der Waals surface area contributed by atoms with Crippen molar-refractivity contribution in [3.8, 4) is 17.6 Å². The minimum absolute atomic E-state index is 0.0725. The summed E-state index contributed by atoms with van der Waals surface area (Å²) >= 11 is 0. The summed E-state index contributed by atoms with van der Waals surface area (Å²) < 4.78 is 2.61. The van der Waals surface area contributed by atoms with Crippen LogP contribution in [0, 0.1) is 18.3 Å². The number of benzene rings is 2. The van der Waals surface area contributed by atoms with Gasteiger partial charge in [-0.25, -0.2) is 9.67 Å². The SMILES string of the molecule is Cc1c(C#N)c2nc3ccccc3n2c(=O)c1=Cc1c(O)n(-c2ccccc2)[nH]c1=O. The maximum absolute atomic E-state index is 13.4. The van der Waals surface area contributed by atoms with Crippen LogP contribution >= 0.6 is 0 Å². The molecular formula is C23H15N5O3. The Balaban J connectivity index is 1.88. The van der Waals surface area contributed by atoms with E-state index in [4.69, 9.17) is 0 Å². The van der Waals surface area contributed by atoms with Crippen LogP contribution in [-0.2, 0) is 0 Å². The van der Waals surface area contributed by atoms with E-state index in [0.29, 0.717) is 22.3 Å². The maximum atomic E-state index is 13.4. The molecule has 0 amide bonds. The monoisotopic (exact) mass is 409 g/mol. The highest BCUT2D eigenvalue weighted by molar-refractivity contribution is 5.82. The molecule has 2 aromatic carbocycles. The zero-order valence-corrected chi connectivity index (χ0v) is 16.3. The summed E-state index contributed by atoms with van der Waals surface area (Å²) in [5.74, 6) is -0.330. The number of hydrogen-bond acceptors (Lipinski definition) is 5. The molecule has 150 valence electrons. The van der Waals surface area contributed by atoms with Crippen molar-refractivity contribution < 1.29 is 5.11 Å². The first-order valence-corrected chi connectivity index (χ1v) is 9.46. The molecule has 5 rings (SSSR count). The molecule has 0 unspecified atom stereocenters. The van der Waals surface area contributed by atoms with E-state index in [2.05, 4.69) is 16.2 Å². The van der Waals surface area contributed by atoms with Gasteiger partial charge in [0.1, 0.15) is 11.6 Å². The van der Waals surface area contributed by atoms with E-state index >= 15 is 0 Å². The van der Waals surface area contributed by atoms with E-state index in [1.807, 2.05) is 6.07 Å². The lowest BCUT2D eigenvalue weighted by molar-refractivity contribution is 0.432. The Morgan fingerprint density at radius 2 is 1.81 bits per heavy atom. The lowest BCUT2D eigenvalue weighted by atomic mass is 10.1. The fourth-order valence-corrected chi connectivity index (χ4v) is 3.76. The number of aromatic amines is 1. The summed E-state index contributed by atoms with van der Waals surface area (Å²) in [6.07, 6.45) is 1.32. The van der Waals surface area contributed by atoms with Gasteiger partial charge in [0, 0.05) is 5.22 Å². The largest absolute Gasteiger partial charge is 0.493 e. The fraction of sp³-hybridized carbons (Fsp3) is 0.0435. The van der Waals surface area contributed by atoms with Crippen LogP contribution in [0.3, 0.4) is 0 Å². The van der Waals surface area contributed by atoms with Crippen LogP contribution < -0.4 is 16.3 Å². The normalized spacial score (nSPS) is 11.9. The topological polar surface area (TPSA) is 116 Å². The van der Waals surface area contributed by atoms with Crippen LogP contribution in [0.15, 0.2) is 64.2 Å². The van der Waals surface area contributed by atoms with Gasteiger partial charge in [0.2, 0.25) is 5.88 Å². The van der Waals surface area contributed by atoms with E-state index in [0.717, 1.165) is 0 Å². The van der Waals surface area contributed by atoms with Gasteiger partial charge in [-0.05, 0) is 42.8 Å². The van der Waals surface area contributed by atoms with Crippen molar-refractivity contribution in [2.75, 3.05) is 0 Å². The number of imidazole rings is 1. The average molecular weight is 409 g/mol. The third kappa shape index (κ3) is 2.64. The number of para-hydroxylation sites is 3. The molecule has 0 bridgehead atoms. The number of H-pyrrole nitrogens is 1. The van der Waals surface area contributed by atoms with Crippen molar-refractivity contribution in [1.29, 1.82) is 5.26 Å². The van der Waals surface area contributed by atoms with Crippen molar-refractivity contribution in [3.05, 3.63) is 97.2 Å². The van der Waals surface area contributed by atoms with Crippen LogP contribution in [0.4, 0.5) is 0 Å². The van der Waals surface area contributed by atoms with E-state index < -0.39 is 11.1 Å². The van der Waals surface area contributed by atoms with Gasteiger partial charge in [0.05, 0.1) is 22.3 Å². The van der Waals surface area contributed by atoms with Gasteiger partial charge in [0.25, 0.3) is 11.1 Å². The molecule has 0 spiro atoms. The van der Waals surface area contributed by atoms with Gasteiger partial charge in [-0.1, -0.05) is 30.3 Å². The van der Waals surface area contributed by atoms with Gasteiger partial charge in [-0.3, -0.25) is 19.1 Å². The third-order valence-corrected chi connectivity index (χ3v) is 5.32. The van der Waals surface area contributed by atoms with Gasteiger partial charge < -0.3 is 5.11 Å². The first kappa shape index (κ1) is 18.4. The number of nitrogens with one attached hydrogen (secondary N) is 1. The van der Waals surface area contributed by atoms with E-state index in [-0.39, 0.29) is 27.9 Å². The predicted molar refractivity (Wildman–Crippen MR) is 115 cm³/mol. The number of rotatable bonds is 2. The first-order chi connectivity index (χ1) is 15.0. The van der Waals surface area contributed by atoms with Crippen LogP contribution in [0.25, 0.3) is 28.4 Å². The number of aromatic hydroxyl groups is 1. The second-order valence-corrected chi connectivity index (χ2v) is 7.08. The Morgan fingerprint density at radius 3 is 2.55 bits per heavy atom. The highest BCUT2D eigenvalue weighted by Gasteiger charge is 2.18. The van der Waals surface area contributed by atoms with Crippen molar-refractivity contribution in [2.45, 2.75) is 6.92 Å². The predicted octanol–water partition coefficient (Wildman–Crippen LogP) is 1.76. The minimum atomic E-state index is -0.561. The molecule has 31 heavy (non-hydrogen) atoms. The van der Waals surface area contributed by atoms with Gasteiger partial charge >= 0.3 is 0 Å². The Labute approximate surface area is 174 Å². The second kappa shape index (κ2) is 6.71. The molecule has 0 aliphatic heterocycles. The van der Waals surface area contributed by atoms with Crippen LogP contribution in [-0.4, -0.2) is 24.3 Å². The summed E-state index contributed by atoms with van der Waals surface area (Å²) in [4.78, 5) is 30.4. The number of nitrogens with zero attached hydrogens (tertiary/aromatic N) is 4. The summed E-state index contributed by atoms with van der Waals surface area (Å²) in [7, 11) is 0. The molecule has 0 fully saturated rings. The van der Waals surface area contributed by atoms with Crippen molar-refractivity contribution >= 4 is 22.8 Å². The number of fused-ring (bicyclic) bond motifs is 3. The number of aromatic nitrogens is 4. The maximum Gasteiger partial charge on any atom is 0.275 e. The lowest BCUT2D eigenvalue weighted by Gasteiger charge is -2.04. The summed E-state index contributed by atoms with van der Waals surface area (Å²) in [6.45, 7) is 1.63. The summed E-state index contributed by atoms with van der Waals surface area (Å²) in [5, 5.41) is 23.1. The Morgan fingerprint density at radius 1 is 1.10 bits per heavy atom. The average Bonchev–Trinajstić information content (AvgIpc) is 3.30. The second-order valence-electron chi connectivity index (χ2n) is 7.08. The molecule has 2 N–H and O–H groups in total. The molecule has 8 nitrogen and oxygen atoms in total. The zero-order chi connectivity index (χ0) is 21.7. The molecule has 3 aromatic heterocycles. The number of pyridine rings is 1. The molecule has 0 saturated carbocycles. The van der Waals surface area contributed by atoms with Crippen LogP contribution in [0.2, 0.25) is 0 Å². The van der Waals surface area contributed by atoms with Crippen molar-refractivity contribution in [2.24, 2.45) is 0 Å². The molecule has 8 heteroatoms. The first-order valence-electron chi connectivity index (χ1n) is 9.46. The quantitative estimate of drug-likeness (QED) is 0.461. The molecular weight excluding hydrogens is 394 g/mol. The van der Waals surface area contributed by atoms with Gasteiger partial charge in [0.15, 0.2) is 5.65 Å². The molecule has 0 saturated heterocycles. The van der Waals surface area contributed by atoms with Crippen molar-refractivity contribution in [3.63, 3.8) is 0 Å². The highest BCUT2D eigenvalue weighted by atomic mass is 16.3. The molecule has 5 aromatic rings. The molecule has 0 aliphatic carbocycles. The van der Waals surface area contributed by atoms with E-state index in [1.165, 1.54) is 15.2 Å². The standard InChI is InChI=1S/C23H15N5O3/c1-13-15(11-16-21(29)26-28(23(16)31)14-7-3-2-4-8-14)22(30)27-19-10-6-5-9-18(19)25-20(27)17(13)12-24/h2-11,31H,1H3,(H,26,29). The summed E-state index contributed by atoms with van der Waals surface area (Å²) in [5.41, 5.74) is 1.55. The van der Waals surface area contributed by atoms with E-state index in [1.54, 1.807) is 55.5 Å². The lowest BCUT2D eigenvalue weighted by Crippen LogP contribution is -2.34. The third-order valence-electron chi connectivity index (χ3n) is 5.32. The van der Waals surface area contributed by atoms with Crippen LogP contribution in [0.1, 0.15) is 16.7 Å². The number of hydrogen-bond donors (Lipinski definition) is 2. The summed E-state index contributed by atoms with van der Waals surface area (Å²) in [6, 6.07) is 18.0.